The Kier molecular flexibility index (Phi) is 7.07. The third-order valence-corrected chi connectivity index (χ3v) is 6.05. The van der Waals surface area contributed by atoms with Gasteiger partial charge in [-0.05, 0) is 48.9 Å². The molecular formula is C26H30N4O4. The van der Waals surface area contributed by atoms with Crippen molar-refractivity contribution in [2.75, 3.05) is 13.2 Å². The zero-order valence-corrected chi connectivity index (χ0v) is 19.8. The molecule has 3 aromatic rings. The molecule has 1 N–H and O–H groups in total. The molecule has 0 radical (unpaired) electrons. The highest BCUT2D eigenvalue weighted by Gasteiger charge is 2.22. The lowest BCUT2D eigenvalue weighted by atomic mass is 10.0. The van der Waals surface area contributed by atoms with Gasteiger partial charge >= 0.3 is 5.69 Å². The number of nitrogens with zero attached hydrogens (tertiary/aromatic N) is 3. The standard InChI is InChI=1S/C26H30N4O4/c1-17(2)20-10-12-21(13-11-20)30-26(33)29(16-19-8-6-18(3)7-9-19)25(32)23(28-30)24(31)27-15-22-5-4-14-34-22/h6-13,17,22H,4-5,14-16H2,1-3H3,(H,27,31)/t22-/m0/s1. The molecule has 0 unspecified atom stereocenters. The van der Waals surface area contributed by atoms with Gasteiger partial charge in [-0.1, -0.05) is 55.8 Å². The first kappa shape index (κ1) is 23.6. The van der Waals surface area contributed by atoms with E-state index in [0.29, 0.717) is 24.8 Å². The van der Waals surface area contributed by atoms with E-state index in [1.807, 2.05) is 43.3 Å². The second kappa shape index (κ2) is 10.2. The summed E-state index contributed by atoms with van der Waals surface area (Å²) in [5.74, 6) is -0.293. The van der Waals surface area contributed by atoms with Gasteiger partial charge in [-0.25, -0.2) is 4.79 Å². The Morgan fingerprint density at radius 2 is 1.82 bits per heavy atom. The van der Waals surface area contributed by atoms with Crippen LogP contribution in [0, 0.1) is 6.92 Å². The van der Waals surface area contributed by atoms with E-state index in [9.17, 15) is 14.4 Å². The van der Waals surface area contributed by atoms with Crippen LogP contribution < -0.4 is 16.6 Å². The van der Waals surface area contributed by atoms with Crippen LogP contribution in [0.15, 0.2) is 58.1 Å². The van der Waals surface area contributed by atoms with Crippen LogP contribution in [0.2, 0.25) is 0 Å². The normalized spacial score (nSPS) is 15.6. The molecule has 1 amide bonds. The van der Waals surface area contributed by atoms with Crippen LogP contribution in [0.1, 0.15) is 59.8 Å². The van der Waals surface area contributed by atoms with Crippen molar-refractivity contribution in [2.24, 2.45) is 0 Å². The molecule has 1 aliphatic rings. The third-order valence-electron chi connectivity index (χ3n) is 6.05. The summed E-state index contributed by atoms with van der Waals surface area (Å²) in [6.45, 7) is 7.12. The highest BCUT2D eigenvalue weighted by atomic mass is 16.5. The summed E-state index contributed by atoms with van der Waals surface area (Å²) >= 11 is 0. The minimum Gasteiger partial charge on any atom is -0.376 e. The largest absolute Gasteiger partial charge is 0.376 e. The monoisotopic (exact) mass is 462 g/mol. The second-order valence-electron chi connectivity index (χ2n) is 9.01. The van der Waals surface area contributed by atoms with Crippen LogP contribution in [-0.2, 0) is 11.3 Å². The Balaban J connectivity index is 1.75. The molecule has 1 aromatic heterocycles. The van der Waals surface area contributed by atoms with Crippen molar-refractivity contribution in [1.29, 1.82) is 0 Å². The van der Waals surface area contributed by atoms with Gasteiger partial charge in [-0.2, -0.15) is 9.78 Å². The van der Waals surface area contributed by atoms with Gasteiger partial charge in [0.2, 0.25) is 5.69 Å². The maximum atomic E-state index is 13.3. The highest BCUT2D eigenvalue weighted by molar-refractivity contribution is 5.91. The number of aromatic nitrogens is 3. The zero-order valence-electron chi connectivity index (χ0n) is 19.8. The minimum atomic E-state index is -0.717. The number of amides is 1. The van der Waals surface area contributed by atoms with E-state index in [0.717, 1.165) is 38.8 Å². The summed E-state index contributed by atoms with van der Waals surface area (Å²) in [6.07, 6.45) is 1.72. The Bertz CT molecular complexity index is 1270. The number of carbonyl (C=O) groups excluding carboxylic acids is 1. The summed E-state index contributed by atoms with van der Waals surface area (Å²) in [7, 11) is 0. The summed E-state index contributed by atoms with van der Waals surface area (Å²) < 4.78 is 7.74. The average molecular weight is 463 g/mol. The Hall–Kier alpha value is -3.52. The molecule has 8 nitrogen and oxygen atoms in total. The van der Waals surface area contributed by atoms with Crippen LogP contribution >= 0.6 is 0 Å². The smallest absolute Gasteiger partial charge is 0.352 e. The SMILES string of the molecule is Cc1ccc(Cn2c(=O)c(C(=O)NC[C@@H]3CCCO3)nn(-c3ccc(C(C)C)cc3)c2=O)cc1. The second-order valence-corrected chi connectivity index (χ2v) is 9.01. The number of aryl methyl sites for hydroxylation is 1. The van der Waals surface area contributed by atoms with Crippen LogP contribution in [0.4, 0.5) is 0 Å². The van der Waals surface area contributed by atoms with Crippen molar-refractivity contribution in [3.05, 3.63) is 91.8 Å². The number of hydrogen-bond acceptors (Lipinski definition) is 5. The fourth-order valence-electron chi connectivity index (χ4n) is 3.94. The topological polar surface area (TPSA) is 95.2 Å². The molecule has 2 heterocycles. The van der Waals surface area contributed by atoms with Gasteiger partial charge in [0, 0.05) is 13.2 Å². The van der Waals surface area contributed by atoms with Crippen molar-refractivity contribution in [1.82, 2.24) is 19.7 Å². The maximum Gasteiger partial charge on any atom is 0.352 e. The Morgan fingerprint density at radius 3 is 2.44 bits per heavy atom. The number of nitrogens with one attached hydrogen (secondary N) is 1. The van der Waals surface area contributed by atoms with Crippen LogP contribution in [-0.4, -0.2) is 39.5 Å². The van der Waals surface area contributed by atoms with Gasteiger partial charge in [0.15, 0.2) is 0 Å². The number of benzene rings is 2. The quantitative estimate of drug-likeness (QED) is 0.583. The van der Waals surface area contributed by atoms with Crippen molar-refractivity contribution in [3.8, 4) is 5.69 Å². The van der Waals surface area contributed by atoms with Gasteiger partial charge in [-0.15, -0.1) is 0 Å². The van der Waals surface area contributed by atoms with Crippen molar-refractivity contribution < 1.29 is 9.53 Å². The van der Waals surface area contributed by atoms with E-state index in [4.69, 9.17) is 4.74 Å². The van der Waals surface area contributed by atoms with Gasteiger partial charge < -0.3 is 10.1 Å². The van der Waals surface area contributed by atoms with E-state index < -0.39 is 17.2 Å². The first-order valence-corrected chi connectivity index (χ1v) is 11.6. The predicted molar refractivity (Wildman–Crippen MR) is 130 cm³/mol. The molecule has 34 heavy (non-hydrogen) atoms. The van der Waals surface area contributed by atoms with Crippen LogP contribution in [0.25, 0.3) is 5.69 Å². The zero-order chi connectivity index (χ0) is 24.2. The van der Waals surface area contributed by atoms with Crippen molar-refractivity contribution in [3.63, 3.8) is 0 Å². The van der Waals surface area contributed by atoms with Gasteiger partial charge in [0.1, 0.15) is 0 Å². The Morgan fingerprint density at radius 1 is 1.12 bits per heavy atom. The molecule has 0 saturated carbocycles. The molecule has 4 rings (SSSR count). The van der Waals surface area contributed by atoms with Crippen molar-refractivity contribution in [2.45, 2.75) is 52.2 Å². The van der Waals surface area contributed by atoms with E-state index in [1.165, 1.54) is 0 Å². The fourth-order valence-corrected chi connectivity index (χ4v) is 3.94. The molecule has 2 aromatic carbocycles. The maximum absolute atomic E-state index is 13.3. The summed E-state index contributed by atoms with van der Waals surface area (Å²) in [5.41, 5.74) is 1.81. The molecular weight excluding hydrogens is 432 g/mol. The molecule has 1 atom stereocenters. The predicted octanol–water partition coefficient (Wildman–Crippen LogP) is 2.78. The molecule has 178 valence electrons. The van der Waals surface area contributed by atoms with Crippen LogP contribution in [0.3, 0.4) is 0 Å². The van der Waals surface area contributed by atoms with Gasteiger partial charge in [-0.3, -0.25) is 14.2 Å². The molecule has 0 aliphatic carbocycles. The molecule has 8 heteroatoms. The molecule has 1 fully saturated rings. The molecule has 0 spiro atoms. The number of carbonyl (C=O) groups is 1. The van der Waals surface area contributed by atoms with E-state index in [-0.39, 0.29) is 18.3 Å². The fraction of sp³-hybridized carbons (Fsp3) is 0.385. The molecule has 1 saturated heterocycles. The van der Waals surface area contributed by atoms with E-state index in [2.05, 4.69) is 24.3 Å². The number of ether oxygens (including phenoxy) is 1. The minimum absolute atomic E-state index is 0.0383. The van der Waals surface area contributed by atoms with Crippen molar-refractivity contribution >= 4 is 5.91 Å². The summed E-state index contributed by atoms with van der Waals surface area (Å²) in [5, 5.41) is 6.94. The van der Waals surface area contributed by atoms with Gasteiger partial charge in [0.05, 0.1) is 18.3 Å². The molecule has 1 aliphatic heterocycles. The highest BCUT2D eigenvalue weighted by Crippen LogP contribution is 2.16. The first-order chi connectivity index (χ1) is 16.3. The van der Waals surface area contributed by atoms with E-state index in [1.54, 1.807) is 12.1 Å². The third kappa shape index (κ3) is 5.17. The van der Waals surface area contributed by atoms with Gasteiger partial charge in [0.25, 0.3) is 11.5 Å². The average Bonchev–Trinajstić information content (AvgIpc) is 3.35. The first-order valence-electron chi connectivity index (χ1n) is 11.6. The molecule has 0 bridgehead atoms. The lowest BCUT2D eigenvalue weighted by Gasteiger charge is -2.14. The lowest BCUT2D eigenvalue weighted by Crippen LogP contribution is -2.46. The lowest BCUT2D eigenvalue weighted by molar-refractivity contribution is 0.0849. The number of hydrogen-bond donors (Lipinski definition) is 1. The summed E-state index contributed by atoms with van der Waals surface area (Å²) in [4.78, 5) is 39.5. The van der Waals surface area contributed by atoms with Crippen LogP contribution in [0.5, 0.6) is 0 Å². The summed E-state index contributed by atoms with van der Waals surface area (Å²) in [6, 6.07) is 14.9. The Labute approximate surface area is 198 Å². The van der Waals surface area contributed by atoms with E-state index >= 15 is 0 Å². The number of rotatable bonds is 7.